The third-order valence-electron chi connectivity index (χ3n) is 4.11. The molecular weight excluding hydrogens is 384 g/mol. The molecule has 6 nitrogen and oxygen atoms in total. The smallest absolute Gasteiger partial charge is 0.404 e. The van der Waals surface area contributed by atoms with E-state index in [1.165, 1.54) is 0 Å². The number of aromatic nitrogens is 2. The largest absolute Gasteiger partial charge is 0.465 e. The number of amides is 1. The Bertz CT molecular complexity index is 670. The Balaban J connectivity index is 1.72. The molecule has 0 bridgehead atoms. The Morgan fingerprint density at radius 1 is 1.12 bits per heavy atom. The molecule has 0 saturated heterocycles. The van der Waals surface area contributed by atoms with Crippen molar-refractivity contribution in [3.63, 3.8) is 0 Å². The highest BCUT2D eigenvalue weighted by Gasteiger charge is 2.09. The maximum absolute atomic E-state index is 10.3. The van der Waals surface area contributed by atoms with Gasteiger partial charge in [0.15, 0.2) is 0 Å². The number of unbranched alkanes of at least 4 members (excludes halogenated alkanes) is 5. The van der Waals surface area contributed by atoms with Gasteiger partial charge in [-0.3, -0.25) is 0 Å². The van der Waals surface area contributed by atoms with Crippen LogP contribution in [0.1, 0.15) is 38.5 Å². The average molecular weight is 409 g/mol. The fourth-order valence-corrected chi connectivity index (χ4v) is 3.04. The van der Waals surface area contributed by atoms with Gasteiger partial charge in [0.25, 0.3) is 0 Å². The zero-order chi connectivity index (χ0) is 18.1. The molecule has 0 aliphatic carbocycles. The molecule has 2 rings (SSSR count). The summed E-state index contributed by atoms with van der Waals surface area (Å²) in [6, 6.07) is 8.15. The van der Waals surface area contributed by atoms with Crippen molar-refractivity contribution in [2.45, 2.75) is 45.1 Å². The van der Waals surface area contributed by atoms with Crippen molar-refractivity contribution < 1.29 is 9.90 Å². The van der Waals surface area contributed by atoms with Gasteiger partial charge in [-0.05, 0) is 30.5 Å². The van der Waals surface area contributed by atoms with Crippen LogP contribution in [0, 0.1) is 0 Å². The number of hydrogen-bond acceptors (Lipinski definition) is 3. The molecule has 25 heavy (non-hydrogen) atoms. The Morgan fingerprint density at radius 2 is 1.76 bits per heavy atom. The number of rotatable bonds is 10. The highest BCUT2D eigenvalue weighted by molar-refractivity contribution is 9.10. The van der Waals surface area contributed by atoms with Crippen molar-refractivity contribution >= 4 is 28.0 Å². The second-order valence-corrected chi connectivity index (χ2v) is 6.93. The van der Waals surface area contributed by atoms with Crippen molar-refractivity contribution in [3.05, 3.63) is 34.9 Å². The molecule has 0 saturated carbocycles. The van der Waals surface area contributed by atoms with Gasteiger partial charge in [-0.1, -0.05) is 53.7 Å². The molecule has 4 N–H and O–H groups in total. The molecule has 0 spiro atoms. The molecule has 7 heteroatoms. The predicted molar refractivity (Wildman–Crippen MR) is 104 cm³/mol. The van der Waals surface area contributed by atoms with Crippen LogP contribution in [0.3, 0.4) is 0 Å². The predicted octanol–water partition coefficient (Wildman–Crippen LogP) is 4.50. The normalized spacial score (nSPS) is 10.8. The van der Waals surface area contributed by atoms with Gasteiger partial charge < -0.3 is 20.7 Å². The van der Waals surface area contributed by atoms with E-state index in [9.17, 15) is 4.79 Å². The van der Waals surface area contributed by atoms with Crippen LogP contribution in [0.4, 0.5) is 10.7 Å². The molecule has 1 amide bonds. The van der Waals surface area contributed by atoms with Gasteiger partial charge in [0.05, 0.1) is 11.9 Å². The van der Waals surface area contributed by atoms with Gasteiger partial charge in [0, 0.05) is 17.6 Å². The van der Waals surface area contributed by atoms with Crippen molar-refractivity contribution in [3.8, 4) is 11.3 Å². The first kappa shape index (κ1) is 19.3. The van der Waals surface area contributed by atoms with Gasteiger partial charge in [-0.2, -0.15) is 0 Å². The molecule has 1 aromatic heterocycles. The Kier molecular flexibility index (Phi) is 7.78. The van der Waals surface area contributed by atoms with Crippen LogP contribution in [0.2, 0.25) is 0 Å². The number of imidazole rings is 1. The summed E-state index contributed by atoms with van der Waals surface area (Å²) in [6.07, 6.45) is 7.29. The summed E-state index contributed by atoms with van der Waals surface area (Å²) in [7, 11) is 0. The lowest BCUT2D eigenvalue weighted by atomic mass is 10.1. The standard InChI is InChI=1S/C18H25BrN4O2/c19-15-9-7-14(8-10-15)16-13-22-17(20)23(16)12-6-4-2-1-3-5-11-21-18(24)25/h7-10,13,21H,1-6,11-12H2,(H2,20,22)(H,24,25). The summed E-state index contributed by atoms with van der Waals surface area (Å²) in [4.78, 5) is 14.6. The molecule has 136 valence electrons. The lowest BCUT2D eigenvalue weighted by Crippen LogP contribution is -2.21. The highest BCUT2D eigenvalue weighted by Crippen LogP contribution is 2.24. The summed E-state index contributed by atoms with van der Waals surface area (Å²) >= 11 is 3.45. The van der Waals surface area contributed by atoms with E-state index in [2.05, 4.69) is 42.9 Å². The highest BCUT2D eigenvalue weighted by atomic mass is 79.9. The SMILES string of the molecule is Nc1ncc(-c2ccc(Br)cc2)n1CCCCCCCCNC(=O)O. The second kappa shape index (κ2) is 10.1. The minimum atomic E-state index is -0.945. The fraction of sp³-hybridized carbons (Fsp3) is 0.444. The lowest BCUT2D eigenvalue weighted by Gasteiger charge is -2.10. The quantitative estimate of drug-likeness (QED) is 0.504. The first-order valence-electron chi connectivity index (χ1n) is 8.61. The number of carbonyl (C=O) groups is 1. The van der Waals surface area contributed by atoms with Crippen LogP contribution in [0.15, 0.2) is 34.9 Å². The molecule has 0 aliphatic heterocycles. The van der Waals surface area contributed by atoms with Crippen LogP contribution >= 0.6 is 15.9 Å². The monoisotopic (exact) mass is 408 g/mol. The number of halogens is 1. The van der Waals surface area contributed by atoms with Crippen molar-refractivity contribution in [1.29, 1.82) is 0 Å². The van der Waals surface area contributed by atoms with Gasteiger partial charge in [0.2, 0.25) is 5.95 Å². The van der Waals surface area contributed by atoms with Gasteiger partial charge in [-0.25, -0.2) is 9.78 Å². The minimum absolute atomic E-state index is 0.539. The topological polar surface area (TPSA) is 93.2 Å². The molecule has 0 unspecified atom stereocenters. The van der Waals surface area contributed by atoms with Crippen LogP contribution in [0.5, 0.6) is 0 Å². The molecule has 1 aromatic carbocycles. The Morgan fingerprint density at radius 3 is 2.44 bits per heavy atom. The van der Waals surface area contributed by atoms with Crippen molar-refractivity contribution in [1.82, 2.24) is 14.9 Å². The van der Waals surface area contributed by atoms with E-state index in [0.717, 1.165) is 60.8 Å². The van der Waals surface area contributed by atoms with E-state index in [1.54, 1.807) is 0 Å². The summed E-state index contributed by atoms with van der Waals surface area (Å²) in [5.41, 5.74) is 8.17. The van der Waals surface area contributed by atoms with E-state index < -0.39 is 6.09 Å². The number of nitrogens with one attached hydrogen (secondary N) is 1. The summed E-state index contributed by atoms with van der Waals surface area (Å²) in [5.74, 6) is 0.553. The lowest BCUT2D eigenvalue weighted by molar-refractivity contribution is 0.194. The summed E-state index contributed by atoms with van der Waals surface area (Å²) < 4.78 is 3.12. The number of hydrogen-bond donors (Lipinski definition) is 3. The molecular formula is C18H25BrN4O2. The Labute approximate surface area is 156 Å². The van der Waals surface area contributed by atoms with E-state index in [0.29, 0.717) is 12.5 Å². The number of benzene rings is 1. The van der Waals surface area contributed by atoms with Crippen molar-refractivity contribution in [2.24, 2.45) is 0 Å². The number of carboxylic acid groups (broad SMARTS) is 1. The van der Waals surface area contributed by atoms with Gasteiger partial charge >= 0.3 is 6.09 Å². The molecule has 2 aromatic rings. The fourth-order valence-electron chi connectivity index (χ4n) is 2.77. The average Bonchev–Trinajstić information content (AvgIpc) is 2.94. The first-order chi connectivity index (χ1) is 12.1. The number of anilines is 1. The Hall–Kier alpha value is -2.02. The summed E-state index contributed by atoms with van der Waals surface area (Å²) in [5, 5.41) is 10.9. The summed E-state index contributed by atoms with van der Waals surface area (Å²) in [6.45, 7) is 1.40. The molecule has 0 radical (unpaired) electrons. The first-order valence-corrected chi connectivity index (χ1v) is 9.41. The van der Waals surface area contributed by atoms with E-state index in [1.807, 2.05) is 18.3 Å². The number of nitrogens with zero attached hydrogens (tertiary/aromatic N) is 2. The van der Waals surface area contributed by atoms with Crippen LogP contribution in [-0.4, -0.2) is 27.3 Å². The third-order valence-corrected chi connectivity index (χ3v) is 4.64. The molecule has 0 fully saturated rings. The third kappa shape index (κ3) is 6.42. The van der Waals surface area contributed by atoms with Crippen LogP contribution in [0.25, 0.3) is 11.3 Å². The van der Waals surface area contributed by atoms with E-state index in [4.69, 9.17) is 10.8 Å². The number of nitrogen functional groups attached to an aromatic ring is 1. The van der Waals surface area contributed by atoms with E-state index >= 15 is 0 Å². The maximum Gasteiger partial charge on any atom is 0.404 e. The zero-order valence-electron chi connectivity index (χ0n) is 14.2. The van der Waals surface area contributed by atoms with E-state index in [-0.39, 0.29) is 0 Å². The van der Waals surface area contributed by atoms with Crippen molar-refractivity contribution in [2.75, 3.05) is 12.3 Å². The molecule has 0 atom stereocenters. The van der Waals surface area contributed by atoms with Gasteiger partial charge in [-0.15, -0.1) is 0 Å². The minimum Gasteiger partial charge on any atom is -0.465 e. The second-order valence-electron chi connectivity index (χ2n) is 6.01. The number of nitrogens with two attached hydrogens (primary N) is 1. The van der Waals surface area contributed by atoms with Gasteiger partial charge in [0.1, 0.15) is 0 Å². The van der Waals surface area contributed by atoms with Crippen LogP contribution in [-0.2, 0) is 6.54 Å². The molecule has 0 aliphatic rings. The van der Waals surface area contributed by atoms with Crippen LogP contribution < -0.4 is 11.1 Å². The molecule has 1 heterocycles. The zero-order valence-corrected chi connectivity index (χ0v) is 15.8. The maximum atomic E-state index is 10.3.